The number of carbonyl (C=O) groups is 1. The molecule has 0 bridgehead atoms. The summed E-state index contributed by atoms with van der Waals surface area (Å²) < 4.78 is 0.635. The van der Waals surface area contributed by atoms with Crippen LogP contribution in [0.25, 0.3) is 0 Å². The van der Waals surface area contributed by atoms with Gasteiger partial charge in [0.25, 0.3) is 0 Å². The van der Waals surface area contributed by atoms with Gasteiger partial charge in [0.2, 0.25) is 0 Å². The summed E-state index contributed by atoms with van der Waals surface area (Å²) in [7, 11) is 0. The van der Waals surface area contributed by atoms with Gasteiger partial charge in [-0.1, -0.05) is 29.3 Å². The second kappa shape index (κ2) is 5.32. The van der Waals surface area contributed by atoms with Crippen LogP contribution in [0.2, 0.25) is 0 Å². The topological polar surface area (TPSA) is 83.6 Å². The number of hydrogen-bond acceptors (Lipinski definition) is 3. The van der Waals surface area contributed by atoms with Crippen molar-refractivity contribution < 1.29 is 15.0 Å². The van der Waals surface area contributed by atoms with Crippen molar-refractivity contribution in [3.63, 3.8) is 0 Å². The third-order valence-corrected chi connectivity index (χ3v) is 3.06. The first-order valence-electron chi connectivity index (χ1n) is 4.99. The molecule has 4 nitrogen and oxygen atoms in total. The van der Waals surface area contributed by atoms with Crippen molar-refractivity contribution in [1.29, 1.82) is 0 Å². The highest BCUT2D eigenvalue weighted by molar-refractivity contribution is 9.10. The zero-order chi connectivity index (χ0) is 12.3. The minimum Gasteiger partial charge on any atom is -0.507 e. The minimum absolute atomic E-state index is 0.121. The molecule has 0 fully saturated rings. The molecule has 0 aliphatic carbocycles. The Labute approximate surface area is 102 Å². The molecule has 0 heterocycles. The summed E-state index contributed by atoms with van der Waals surface area (Å²) in [6, 6.07) is 2.58. The van der Waals surface area contributed by atoms with Crippen LogP contribution in [0, 0.1) is 0 Å². The van der Waals surface area contributed by atoms with E-state index in [1.54, 1.807) is 6.07 Å². The highest BCUT2D eigenvalue weighted by Crippen LogP contribution is 2.35. The lowest BCUT2D eigenvalue weighted by atomic mass is 9.99. The Hall–Kier alpha value is -1.07. The van der Waals surface area contributed by atoms with Gasteiger partial charge in [0, 0.05) is 16.1 Å². The molecule has 1 atom stereocenters. The zero-order valence-corrected chi connectivity index (χ0v) is 10.5. The zero-order valence-electron chi connectivity index (χ0n) is 8.90. The van der Waals surface area contributed by atoms with Crippen LogP contribution in [0.5, 0.6) is 5.75 Å². The molecule has 16 heavy (non-hydrogen) atoms. The van der Waals surface area contributed by atoms with Gasteiger partial charge in [-0.2, -0.15) is 0 Å². The normalized spacial score (nSPS) is 12.4. The maximum absolute atomic E-state index is 10.8. The number of halogens is 1. The Kier molecular flexibility index (Phi) is 4.32. The Balaban J connectivity index is 3.26. The first-order valence-corrected chi connectivity index (χ1v) is 5.78. The maximum Gasteiger partial charge on any atom is 0.339 e. The van der Waals surface area contributed by atoms with Gasteiger partial charge in [-0.15, -0.1) is 0 Å². The van der Waals surface area contributed by atoms with Crippen LogP contribution in [0.15, 0.2) is 16.6 Å². The fourth-order valence-electron chi connectivity index (χ4n) is 1.56. The largest absolute Gasteiger partial charge is 0.507 e. The number of carboxylic acid groups (broad SMARTS) is 1. The number of nitrogens with two attached hydrogens (primary N) is 1. The van der Waals surface area contributed by atoms with Crippen molar-refractivity contribution >= 4 is 21.9 Å². The molecule has 0 radical (unpaired) electrons. The monoisotopic (exact) mass is 287 g/mol. The Morgan fingerprint density at radius 2 is 2.19 bits per heavy atom. The fraction of sp³-hybridized carbons (Fsp3) is 0.364. The molecule has 0 saturated heterocycles. The highest BCUT2D eigenvalue weighted by Gasteiger charge is 2.20. The minimum atomic E-state index is -1.16. The van der Waals surface area contributed by atoms with Crippen LogP contribution < -0.4 is 5.73 Å². The lowest BCUT2D eigenvalue weighted by molar-refractivity contribution is 0.0693. The summed E-state index contributed by atoms with van der Waals surface area (Å²) in [6.45, 7) is 1.98. The second-order valence-electron chi connectivity index (χ2n) is 3.56. The van der Waals surface area contributed by atoms with Crippen LogP contribution in [0.4, 0.5) is 0 Å². The molecule has 0 aromatic heterocycles. The summed E-state index contributed by atoms with van der Waals surface area (Å²) in [5.41, 5.74) is 6.23. The van der Waals surface area contributed by atoms with E-state index in [0.717, 1.165) is 6.42 Å². The van der Waals surface area contributed by atoms with Gasteiger partial charge in [0.05, 0.1) is 0 Å². The van der Waals surface area contributed by atoms with Crippen molar-refractivity contribution in [3.05, 3.63) is 27.7 Å². The smallest absolute Gasteiger partial charge is 0.339 e. The van der Waals surface area contributed by atoms with Crippen LogP contribution in [0.1, 0.15) is 41.7 Å². The van der Waals surface area contributed by atoms with Gasteiger partial charge in [0.1, 0.15) is 11.3 Å². The molecule has 5 heteroatoms. The molecule has 0 aliphatic heterocycles. The number of benzene rings is 1. The van der Waals surface area contributed by atoms with Crippen molar-refractivity contribution in [2.45, 2.75) is 25.8 Å². The van der Waals surface area contributed by atoms with Gasteiger partial charge in [0.15, 0.2) is 0 Å². The first kappa shape index (κ1) is 13.0. The van der Waals surface area contributed by atoms with Gasteiger partial charge in [-0.05, 0) is 18.6 Å². The standard InChI is InChI=1S/C11H14BrNO3/c1-2-3-8(13)9-7(12)5-4-6(10(9)14)11(15)16/h4-5,8,14H,2-3,13H2,1H3,(H,15,16)/t8-/m0/s1. The van der Waals surface area contributed by atoms with Crippen molar-refractivity contribution in [2.24, 2.45) is 5.73 Å². The molecule has 0 saturated carbocycles. The number of rotatable bonds is 4. The number of carboxylic acids is 1. The quantitative estimate of drug-likeness (QED) is 0.795. The Bertz CT molecular complexity index is 406. The lowest BCUT2D eigenvalue weighted by Crippen LogP contribution is -2.12. The van der Waals surface area contributed by atoms with Crippen LogP contribution in [-0.4, -0.2) is 16.2 Å². The van der Waals surface area contributed by atoms with Gasteiger partial charge in [-0.3, -0.25) is 0 Å². The molecule has 0 aliphatic rings. The van der Waals surface area contributed by atoms with Crippen molar-refractivity contribution in [3.8, 4) is 5.75 Å². The molecule has 4 N–H and O–H groups in total. The van der Waals surface area contributed by atoms with Crippen LogP contribution >= 0.6 is 15.9 Å². The second-order valence-corrected chi connectivity index (χ2v) is 4.41. The molecular weight excluding hydrogens is 274 g/mol. The summed E-state index contributed by atoms with van der Waals surface area (Å²) in [5, 5.41) is 18.7. The molecule has 1 rings (SSSR count). The third kappa shape index (κ3) is 2.54. The highest BCUT2D eigenvalue weighted by atomic mass is 79.9. The SMILES string of the molecule is CCC[C@H](N)c1c(Br)ccc(C(=O)O)c1O. The molecule has 88 valence electrons. The van der Waals surface area contributed by atoms with E-state index in [0.29, 0.717) is 16.5 Å². The fourth-order valence-corrected chi connectivity index (χ4v) is 2.18. The average molecular weight is 288 g/mol. The third-order valence-electron chi connectivity index (χ3n) is 2.36. The summed E-state index contributed by atoms with van der Waals surface area (Å²) in [6.07, 6.45) is 1.56. The lowest BCUT2D eigenvalue weighted by Gasteiger charge is -2.16. The molecule has 1 aromatic carbocycles. The van der Waals surface area contributed by atoms with Crippen molar-refractivity contribution in [1.82, 2.24) is 0 Å². The average Bonchev–Trinajstić information content (AvgIpc) is 2.17. The molecular formula is C11H14BrNO3. The Morgan fingerprint density at radius 3 is 2.69 bits per heavy atom. The van der Waals surface area contributed by atoms with Crippen LogP contribution in [0.3, 0.4) is 0 Å². The number of hydrogen-bond donors (Lipinski definition) is 3. The van der Waals surface area contributed by atoms with Crippen molar-refractivity contribution in [2.75, 3.05) is 0 Å². The first-order chi connectivity index (χ1) is 7.49. The molecule has 1 aromatic rings. The van der Waals surface area contributed by atoms with E-state index in [9.17, 15) is 9.90 Å². The van der Waals surface area contributed by atoms with E-state index in [-0.39, 0.29) is 17.4 Å². The van der Waals surface area contributed by atoms with Crippen LogP contribution in [-0.2, 0) is 0 Å². The molecule has 0 spiro atoms. The van der Waals surface area contributed by atoms with E-state index in [1.165, 1.54) is 6.07 Å². The molecule has 0 amide bonds. The summed E-state index contributed by atoms with van der Waals surface area (Å²) >= 11 is 3.27. The van der Waals surface area contributed by atoms with Gasteiger partial charge < -0.3 is 15.9 Å². The van der Waals surface area contributed by atoms with E-state index in [1.807, 2.05) is 6.92 Å². The predicted molar refractivity (Wildman–Crippen MR) is 64.6 cm³/mol. The van der Waals surface area contributed by atoms with E-state index in [2.05, 4.69) is 15.9 Å². The van der Waals surface area contributed by atoms with E-state index < -0.39 is 5.97 Å². The molecule has 0 unspecified atom stereocenters. The number of phenols is 1. The van der Waals surface area contributed by atoms with Gasteiger partial charge in [-0.25, -0.2) is 4.79 Å². The number of aromatic hydroxyl groups is 1. The summed E-state index contributed by atoms with van der Waals surface area (Å²) in [4.78, 5) is 10.8. The maximum atomic E-state index is 10.8. The van der Waals surface area contributed by atoms with E-state index in [4.69, 9.17) is 10.8 Å². The summed E-state index contributed by atoms with van der Waals surface area (Å²) in [5.74, 6) is -1.40. The predicted octanol–water partition coefficient (Wildman–Crippen LogP) is 2.65. The Morgan fingerprint density at radius 1 is 1.56 bits per heavy atom. The van der Waals surface area contributed by atoms with E-state index >= 15 is 0 Å². The van der Waals surface area contributed by atoms with Gasteiger partial charge >= 0.3 is 5.97 Å². The number of aromatic carboxylic acids is 1.